The van der Waals surface area contributed by atoms with E-state index in [1.54, 1.807) is 0 Å². The number of rotatable bonds is 3. The highest BCUT2D eigenvalue weighted by Crippen LogP contribution is 2.19. The lowest BCUT2D eigenvalue weighted by molar-refractivity contribution is 0.132. The maximum Gasteiger partial charge on any atom is 0.128 e. The molecule has 1 N–H and O–H groups in total. The molecule has 0 radical (unpaired) electrons. The van der Waals surface area contributed by atoms with Crippen LogP contribution in [0.4, 0.5) is 8.78 Å². The van der Waals surface area contributed by atoms with Crippen molar-refractivity contribution >= 4 is 0 Å². The Morgan fingerprint density at radius 2 is 1.88 bits per heavy atom. The number of hydrogen-bond acceptors (Lipinski definition) is 2. The van der Waals surface area contributed by atoms with Gasteiger partial charge >= 0.3 is 0 Å². The summed E-state index contributed by atoms with van der Waals surface area (Å²) in [5.41, 5.74) is 3.61. The average molecular weight is 240 g/mol. The summed E-state index contributed by atoms with van der Waals surface area (Å²) in [6.45, 7) is 3.80. The van der Waals surface area contributed by atoms with Gasteiger partial charge in [-0.15, -0.1) is 0 Å². The highest BCUT2D eigenvalue weighted by molar-refractivity contribution is 5.21. The number of nitrogens with one attached hydrogen (secondary N) is 1. The van der Waals surface area contributed by atoms with Gasteiger partial charge in [-0.25, -0.2) is 19.2 Å². The van der Waals surface area contributed by atoms with Crippen molar-refractivity contribution in [2.24, 2.45) is 0 Å². The van der Waals surface area contributed by atoms with Crippen molar-refractivity contribution in [2.45, 2.75) is 32.2 Å². The third-order valence-corrected chi connectivity index (χ3v) is 3.16. The Balaban J connectivity index is 2.02. The van der Waals surface area contributed by atoms with Crippen LogP contribution >= 0.6 is 0 Å². The first-order valence-corrected chi connectivity index (χ1v) is 6.13. The monoisotopic (exact) mass is 240 g/mol. The van der Waals surface area contributed by atoms with Gasteiger partial charge in [-0.2, -0.15) is 0 Å². The van der Waals surface area contributed by atoms with Crippen LogP contribution in [0.1, 0.15) is 37.8 Å². The predicted molar refractivity (Wildman–Crippen MR) is 63.3 cm³/mol. The summed E-state index contributed by atoms with van der Waals surface area (Å²) in [5.74, 6) is -0.753. The van der Waals surface area contributed by atoms with Crippen LogP contribution in [0.15, 0.2) is 18.2 Å². The molecule has 94 valence electrons. The van der Waals surface area contributed by atoms with Crippen molar-refractivity contribution in [3.8, 4) is 0 Å². The Labute approximate surface area is 101 Å². The van der Waals surface area contributed by atoms with E-state index in [0.29, 0.717) is 5.56 Å². The van der Waals surface area contributed by atoms with Crippen molar-refractivity contribution in [3.63, 3.8) is 0 Å². The van der Waals surface area contributed by atoms with Crippen molar-refractivity contribution in [1.82, 2.24) is 10.4 Å². The van der Waals surface area contributed by atoms with Crippen molar-refractivity contribution in [3.05, 3.63) is 35.4 Å². The van der Waals surface area contributed by atoms with Crippen LogP contribution in [0, 0.1) is 11.6 Å². The van der Waals surface area contributed by atoms with Crippen molar-refractivity contribution in [1.29, 1.82) is 0 Å². The molecule has 2 rings (SSSR count). The molecule has 1 aromatic carbocycles. The third-order valence-electron chi connectivity index (χ3n) is 3.16. The molecule has 17 heavy (non-hydrogen) atoms. The Morgan fingerprint density at radius 3 is 2.59 bits per heavy atom. The normalized spacial score (nSPS) is 19.2. The van der Waals surface area contributed by atoms with E-state index in [4.69, 9.17) is 0 Å². The Bertz CT molecular complexity index is 376. The second-order valence-electron chi connectivity index (χ2n) is 4.56. The van der Waals surface area contributed by atoms with Crippen molar-refractivity contribution < 1.29 is 8.78 Å². The van der Waals surface area contributed by atoms with E-state index >= 15 is 0 Å². The Kier molecular flexibility index (Phi) is 4.07. The van der Waals surface area contributed by atoms with E-state index in [2.05, 4.69) is 10.4 Å². The minimum atomic E-state index is -0.395. The van der Waals surface area contributed by atoms with E-state index in [1.807, 2.05) is 6.92 Å². The lowest BCUT2D eigenvalue weighted by Gasteiger charge is -2.30. The lowest BCUT2D eigenvalue weighted by Crippen LogP contribution is -2.43. The minimum absolute atomic E-state index is 0.205. The van der Waals surface area contributed by atoms with Crippen LogP contribution in [-0.4, -0.2) is 18.1 Å². The fraction of sp³-hybridized carbons (Fsp3) is 0.538. The molecule has 0 bridgehead atoms. The van der Waals surface area contributed by atoms with E-state index in [0.717, 1.165) is 32.0 Å². The molecule has 1 aromatic rings. The van der Waals surface area contributed by atoms with Crippen LogP contribution < -0.4 is 5.43 Å². The van der Waals surface area contributed by atoms with Gasteiger partial charge in [0, 0.05) is 24.7 Å². The van der Waals surface area contributed by atoms with Crippen molar-refractivity contribution in [2.75, 3.05) is 13.1 Å². The van der Waals surface area contributed by atoms with Gasteiger partial charge in [-0.3, -0.25) is 0 Å². The molecule has 1 fully saturated rings. The molecule has 0 aliphatic carbocycles. The van der Waals surface area contributed by atoms with Crippen LogP contribution in [0.2, 0.25) is 0 Å². The number of hydrogen-bond donors (Lipinski definition) is 1. The summed E-state index contributed by atoms with van der Waals surface area (Å²) in [7, 11) is 0. The number of nitrogens with zero attached hydrogens (tertiary/aromatic N) is 1. The van der Waals surface area contributed by atoms with Gasteiger partial charge in [0.2, 0.25) is 0 Å². The smallest absolute Gasteiger partial charge is 0.128 e. The summed E-state index contributed by atoms with van der Waals surface area (Å²) >= 11 is 0. The molecule has 1 aliphatic rings. The molecule has 4 heteroatoms. The molecule has 1 aliphatic heterocycles. The van der Waals surface area contributed by atoms with Gasteiger partial charge in [-0.1, -0.05) is 6.42 Å². The molecule has 0 amide bonds. The van der Waals surface area contributed by atoms with Gasteiger partial charge in [0.05, 0.1) is 0 Å². The van der Waals surface area contributed by atoms with Crippen LogP contribution in [0.5, 0.6) is 0 Å². The SMILES string of the molecule is CC(NN1CCCCC1)c1cc(F)ccc1F. The molecular formula is C13H18F2N2. The van der Waals surface area contributed by atoms with Gasteiger partial charge in [0.15, 0.2) is 0 Å². The first-order valence-electron chi connectivity index (χ1n) is 6.13. The minimum Gasteiger partial charge on any atom is -0.248 e. The second-order valence-corrected chi connectivity index (χ2v) is 4.56. The van der Waals surface area contributed by atoms with Gasteiger partial charge in [0.25, 0.3) is 0 Å². The molecule has 1 atom stereocenters. The maximum absolute atomic E-state index is 13.5. The van der Waals surface area contributed by atoms with Crippen LogP contribution in [-0.2, 0) is 0 Å². The zero-order valence-corrected chi connectivity index (χ0v) is 10.0. The molecule has 0 spiro atoms. The second kappa shape index (κ2) is 5.56. The molecule has 2 nitrogen and oxygen atoms in total. The Morgan fingerprint density at radius 1 is 1.18 bits per heavy atom. The number of piperidine rings is 1. The number of benzene rings is 1. The van der Waals surface area contributed by atoms with Gasteiger partial charge < -0.3 is 0 Å². The topological polar surface area (TPSA) is 15.3 Å². The molecule has 1 unspecified atom stereocenters. The summed E-state index contributed by atoms with van der Waals surface area (Å²) in [5, 5.41) is 2.10. The highest BCUT2D eigenvalue weighted by atomic mass is 19.1. The van der Waals surface area contributed by atoms with E-state index in [-0.39, 0.29) is 11.9 Å². The third kappa shape index (κ3) is 3.23. The van der Waals surface area contributed by atoms with E-state index in [1.165, 1.54) is 18.6 Å². The molecule has 0 aromatic heterocycles. The molecule has 1 saturated heterocycles. The largest absolute Gasteiger partial charge is 0.248 e. The molecule has 0 saturated carbocycles. The quantitative estimate of drug-likeness (QED) is 0.873. The number of hydrazine groups is 1. The standard InChI is InChI=1S/C13H18F2N2/c1-10(16-17-7-3-2-4-8-17)12-9-11(14)5-6-13(12)15/h5-6,9-10,16H,2-4,7-8H2,1H3. The summed E-state index contributed by atoms with van der Waals surface area (Å²) in [6, 6.07) is 3.38. The first kappa shape index (κ1) is 12.5. The summed E-state index contributed by atoms with van der Waals surface area (Å²) in [4.78, 5) is 0. The van der Waals surface area contributed by atoms with Crippen LogP contribution in [0.25, 0.3) is 0 Å². The first-order chi connectivity index (χ1) is 8.16. The maximum atomic E-state index is 13.5. The van der Waals surface area contributed by atoms with E-state index in [9.17, 15) is 8.78 Å². The van der Waals surface area contributed by atoms with E-state index < -0.39 is 5.82 Å². The highest BCUT2D eigenvalue weighted by Gasteiger charge is 2.16. The zero-order valence-electron chi connectivity index (χ0n) is 10.0. The molecule has 1 heterocycles. The summed E-state index contributed by atoms with van der Waals surface area (Å²) in [6.07, 6.45) is 3.57. The zero-order chi connectivity index (χ0) is 12.3. The summed E-state index contributed by atoms with van der Waals surface area (Å²) < 4.78 is 26.6. The van der Waals surface area contributed by atoms with Gasteiger partial charge in [0.1, 0.15) is 11.6 Å². The fourth-order valence-electron chi connectivity index (χ4n) is 2.21. The number of halogens is 2. The van der Waals surface area contributed by atoms with Gasteiger partial charge in [-0.05, 0) is 38.0 Å². The lowest BCUT2D eigenvalue weighted by atomic mass is 10.1. The fourth-order valence-corrected chi connectivity index (χ4v) is 2.21. The Hall–Kier alpha value is -1.00. The molecular weight excluding hydrogens is 222 g/mol. The predicted octanol–water partition coefficient (Wildman–Crippen LogP) is 3.02. The van der Waals surface area contributed by atoms with Crippen LogP contribution in [0.3, 0.4) is 0 Å². The average Bonchev–Trinajstić information content (AvgIpc) is 2.33.